The van der Waals surface area contributed by atoms with Crippen LogP contribution in [0.3, 0.4) is 0 Å². The van der Waals surface area contributed by atoms with E-state index in [1.165, 1.54) is 24.8 Å². The Morgan fingerprint density at radius 2 is 1.89 bits per heavy atom. The Bertz CT molecular complexity index is 405. The van der Waals surface area contributed by atoms with Crippen molar-refractivity contribution in [1.29, 1.82) is 0 Å². The molecule has 1 N–H and O–H groups in total. The summed E-state index contributed by atoms with van der Waals surface area (Å²) in [5, 5.41) is 4.90. The Balaban J connectivity index is 1.86. The minimum absolute atomic E-state index is 0.625. The second kappa shape index (κ2) is 6.27. The molecule has 1 aromatic carbocycles. The molecule has 3 heteroatoms. The summed E-state index contributed by atoms with van der Waals surface area (Å²) in [6, 6.07) is 6.50. The molecule has 3 atom stereocenters. The first-order chi connectivity index (χ1) is 8.56. The number of benzene rings is 1. The highest BCUT2D eigenvalue weighted by molar-refractivity contribution is 6.42. The van der Waals surface area contributed by atoms with Crippen molar-refractivity contribution >= 4 is 23.2 Å². The lowest BCUT2D eigenvalue weighted by atomic mass is 9.79. The van der Waals surface area contributed by atoms with E-state index >= 15 is 0 Å². The summed E-state index contributed by atoms with van der Waals surface area (Å²) in [5.74, 6) is 1.69. The average Bonchev–Trinajstić information content (AvgIpc) is 2.35. The monoisotopic (exact) mass is 285 g/mol. The van der Waals surface area contributed by atoms with Gasteiger partial charge in [0.2, 0.25) is 0 Å². The third-order valence-electron chi connectivity index (χ3n) is 4.18. The molecule has 1 aliphatic rings. The third kappa shape index (κ3) is 3.63. The van der Waals surface area contributed by atoms with Gasteiger partial charge in [0.25, 0.3) is 0 Å². The summed E-state index contributed by atoms with van der Waals surface area (Å²) in [6.07, 6.45) is 3.90. The molecule has 1 aromatic rings. The minimum atomic E-state index is 0.625. The highest BCUT2D eigenvalue weighted by Gasteiger charge is 2.23. The zero-order chi connectivity index (χ0) is 13.1. The van der Waals surface area contributed by atoms with Gasteiger partial charge in [0, 0.05) is 12.6 Å². The first kappa shape index (κ1) is 14.2. The number of hydrogen-bond acceptors (Lipinski definition) is 1. The van der Waals surface area contributed by atoms with Crippen LogP contribution in [0.5, 0.6) is 0 Å². The van der Waals surface area contributed by atoms with E-state index in [4.69, 9.17) is 23.2 Å². The van der Waals surface area contributed by atoms with Crippen molar-refractivity contribution in [2.45, 2.75) is 45.7 Å². The van der Waals surface area contributed by atoms with Crippen molar-refractivity contribution in [3.63, 3.8) is 0 Å². The van der Waals surface area contributed by atoms with Crippen LogP contribution < -0.4 is 5.32 Å². The highest BCUT2D eigenvalue weighted by Crippen LogP contribution is 2.29. The molecule has 18 heavy (non-hydrogen) atoms. The van der Waals surface area contributed by atoms with E-state index in [2.05, 4.69) is 19.2 Å². The van der Waals surface area contributed by atoms with Gasteiger partial charge in [0.1, 0.15) is 0 Å². The molecule has 0 amide bonds. The van der Waals surface area contributed by atoms with Gasteiger partial charge in [0.15, 0.2) is 0 Å². The van der Waals surface area contributed by atoms with Crippen molar-refractivity contribution in [2.24, 2.45) is 11.8 Å². The van der Waals surface area contributed by atoms with E-state index < -0.39 is 0 Å². The summed E-state index contributed by atoms with van der Waals surface area (Å²) in [6.45, 7) is 5.60. The maximum absolute atomic E-state index is 6.02. The lowest BCUT2D eigenvalue weighted by Crippen LogP contribution is -2.35. The molecule has 0 aliphatic heterocycles. The lowest BCUT2D eigenvalue weighted by Gasteiger charge is -2.32. The fourth-order valence-electron chi connectivity index (χ4n) is 2.64. The number of hydrogen-bond donors (Lipinski definition) is 1. The first-order valence-corrected chi connectivity index (χ1v) is 7.49. The number of rotatable bonds is 3. The van der Waals surface area contributed by atoms with Crippen LogP contribution in [0.15, 0.2) is 18.2 Å². The van der Waals surface area contributed by atoms with Crippen molar-refractivity contribution in [2.75, 3.05) is 0 Å². The maximum atomic E-state index is 6.02. The van der Waals surface area contributed by atoms with E-state index in [-0.39, 0.29) is 0 Å². The Kier molecular flexibility index (Phi) is 4.94. The number of halogens is 2. The van der Waals surface area contributed by atoms with E-state index in [1.54, 1.807) is 0 Å². The molecule has 0 radical (unpaired) electrons. The number of nitrogens with one attached hydrogen (secondary N) is 1. The predicted octanol–water partition coefficient (Wildman–Crippen LogP) is 4.91. The van der Waals surface area contributed by atoms with Gasteiger partial charge in [-0.25, -0.2) is 0 Å². The zero-order valence-corrected chi connectivity index (χ0v) is 12.6. The van der Waals surface area contributed by atoms with Crippen LogP contribution in [0, 0.1) is 11.8 Å². The van der Waals surface area contributed by atoms with Gasteiger partial charge >= 0.3 is 0 Å². The van der Waals surface area contributed by atoms with Crippen LogP contribution in [-0.2, 0) is 6.54 Å². The van der Waals surface area contributed by atoms with E-state index in [0.717, 1.165) is 18.4 Å². The molecule has 1 saturated carbocycles. The molecule has 2 rings (SSSR count). The van der Waals surface area contributed by atoms with Gasteiger partial charge in [-0.3, -0.25) is 0 Å². The van der Waals surface area contributed by atoms with Gasteiger partial charge in [-0.05, 0) is 48.8 Å². The second-order valence-corrected chi connectivity index (χ2v) is 6.41. The Morgan fingerprint density at radius 3 is 2.56 bits per heavy atom. The molecule has 0 bridgehead atoms. The van der Waals surface area contributed by atoms with Crippen LogP contribution in [0.4, 0.5) is 0 Å². The van der Waals surface area contributed by atoms with Gasteiger partial charge in [-0.15, -0.1) is 0 Å². The molecule has 1 nitrogen and oxygen atoms in total. The van der Waals surface area contributed by atoms with Gasteiger partial charge in [0.05, 0.1) is 10.0 Å². The van der Waals surface area contributed by atoms with Crippen molar-refractivity contribution in [3.05, 3.63) is 33.8 Å². The van der Waals surface area contributed by atoms with Crippen LogP contribution in [0.25, 0.3) is 0 Å². The van der Waals surface area contributed by atoms with E-state index in [1.807, 2.05) is 18.2 Å². The topological polar surface area (TPSA) is 12.0 Å². The van der Waals surface area contributed by atoms with Gasteiger partial charge in [-0.1, -0.05) is 43.1 Å². The molecular weight excluding hydrogens is 265 g/mol. The quantitative estimate of drug-likeness (QED) is 0.832. The van der Waals surface area contributed by atoms with Crippen LogP contribution >= 0.6 is 23.2 Å². The normalized spacial score (nSPS) is 28.3. The standard InChI is InChI=1S/C15H21Cl2N/c1-10-3-5-13(7-11(10)2)18-9-12-4-6-14(16)15(17)8-12/h4,6,8,10-11,13,18H,3,5,7,9H2,1-2H3. The summed E-state index contributed by atoms with van der Waals surface area (Å²) in [5.41, 5.74) is 1.20. The molecule has 1 fully saturated rings. The fourth-order valence-corrected chi connectivity index (χ4v) is 2.97. The largest absolute Gasteiger partial charge is 0.310 e. The van der Waals surface area contributed by atoms with Gasteiger partial charge < -0.3 is 5.32 Å². The van der Waals surface area contributed by atoms with E-state index in [9.17, 15) is 0 Å². The van der Waals surface area contributed by atoms with Crippen LogP contribution in [0.2, 0.25) is 10.0 Å². The second-order valence-electron chi connectivity index (χ2n) is 5.59. The smallest absolute Gasteiger partial charge is 0.0595 e. The van der Waals surface area contributed by atoms with E-state index in [0.29, 0.717) is 16.1 Å². The predicted molar refractivity (Wildman–Crippen MR) is 79.3 cm³/mol. The maximum Gasteiger partial charge on any atom is 0.0595 e. The molecule has 0 aromatic heterocycles. The van der Waals surface area contributed by atoms with Crippen molar-refractivity contribution in [1.82, 2.24) is 5.32 Å². The van der Waals surface area contributed by atoms with Gasteiger partial charge in [-0.2, -0.15) is 0 Å². The summed E-state index contributed by atoms with van der Waals surface area (Å²) < 4.78 is 0. The molecule has 100 valence electrons. The third-order valence-corrected chi connectivity index (χ3v) is 4.92. The lowest BCUT2D eigenvalue weighted by molar-refractivity contribution is 0.225. The first-order valence-electron chi connectivity index (χ1n) is 6.73. The molecule has 1 aliphatic carbocycles. The summed E-state index contributed by atoms with van der Waals surface area (Å²) in [7, 11) is 0. The summed E-state index contributed by atoms with van der Waals surface area (Å²) in [4.78, 5) is 0. The zero-order valence-electron chi connectivity index (χ0n) is 11.0. The molecule has 0 saturated heterocycles. The highest BCUT2D eigenvalue weighted by atomic mass is 35.5. The van der Waals surface area contributed by atoms with Crippen LogP contribution in [0.1, 0.15) is 38.7 Å². The Labute approximate surface area is 120 Å². The van der Waals surface area contributed by atoms with Crippen molar-refractivity contribution < 1.29 is 0 Å². The Morgan fingerprint density at radius 1 is 1.11 bits per heavy atom. The molecular formula is C15H21Cl2N. The fraction of sp³-hybridized carbons (Fsp3) is 0.600. The van der Waals surface area contributed by atoms with Crippen molar-refractivity contribution in [3.8, 4) is 0 Å². The average molecular weight is 286 g/mol. The summed E-state index contributed by atoms with van der Waals surface area (Å²) >= 11 is 11.9. The molecule has 0 spiro atoms. The van der Waals surface area contributed by atoms with Crippen LogP contribution in [-0.4, -0.2) is 6.04 Å². The Hall–Kier alpha value is -0.240. The molecule has 3 unspecified atom stereocenters. The minimum Gasteiger partial charge on any atom is -0.310 e. The molecule has 0 heterocycles. The SMILES string of the molecule is CC1CCC(NCc2ccc(Cl)c(Cl)c2)CC1C.